The lowest BCUT2D eigenvalue weighted by molar-refractivity contribution is -0.127. The molecule has 0 radical (unpaired) electrons. The van der Waals surface area contributed by atoms with E-state index in [4.69, 9.17) is 10.4 Å². The minimum absolute atomic E-state index is 0.238. The molecule has 0 aromatic rings. The predicted octanol–water partition coefficient (Wildman–Crippen LogP) is 0.526. The molecular formula is C9H14F2N2O2. The van der Waals surface area contributed by atoms with Gasteiger partial charge in [0, 0.05) is 0 Å². The molecule has 6 heteroatoms. The first-order chi connectivity index (χ1) is 6.84. The second-order valence-electron chi connectivity index (χ2n) is 3.58. The zero-order valence-electron chi connectivity index (χ0n) is 8.63. The lowest BCUT2D eigenvalue weighted by Gasteiger charge is -2.17. The number of nitriles is 1. The summed E-state index contributed by atoms with van der Waals surface area (Å²) in [5.74, 6) is -5.26. The number of hydrogen-bond donors (Lipinski definition) is 2. The maximum Gasteiger partial charge on any atom is 0.287 e. The van der Waals surface area contributed by atoms with Gasteiger partial charge in [0.05, 0.1) is 12.6 Å². The number of carbonyl (C=O) groups is 1. The molecule has 1 amide bonds. The summed E-state index contributed by atoms with van der Waals surface area (Å²) in [5, 5.41) is 18.8. The van der Waals surface area contributed by atoms with Gasteiger partial charge in [-0.05, 0) is 5.92 Å². The summed E-state index contributed by atoms with van der Waals surface area (Å²) in [7, 11) is 0. The van der Waals surface area contributed by atoms with Gasteiger partial charge in [-0.2, -0.15) is 5.26 Å². The van der Waals surface area contributed by atoms with Gasteiger partial charge in [-0.15, -0.1) is 0 Å². The number of nitrogens with one attached hydrogen (secondary N) is 1. The van der Waals surface area contributed by atoms with E-state index in [2.05, 4.69) is 0 Å². The van der Waals surface area contributed by atoms with Gasteiger partial charge in [-0.25, -0.2) is 8.78 Å². The Balaban J connectivity index is 4.21. The number of rotatable bonds is 5. The van der Waals surface area contributed by atoms with Gasteiger partial charge in [0.25, 0.3) is 5.92 Å². The zero-order valence-corrected chi connectivity index (χ0v) is 8.63. The van der Waals surface area contributed by atoms with Gasteiger partial charge in [-0.3, -0.25) is 4.79 Å². The number of hydrogen-bond acceptors (Lipinski definition) is 3. The van der Waals surface area contributed by atoms with Crippen molar-refractivity contribution >= 4 is 5.91 Å². The van der Waals surface area contributed by atoms with Gasteiger partial charge in [-0.1, -0.05) is 13.8 Å². The summed E-state index contributed by atoms with van der Waals surface area (Å²) in [6.45, 7) is 1.02. The molecule has 0 saturated heterocycles. The van der Waals surface area contributed by atoms with Crippen LogP contribution in [0.1, 0.15) is 13.8 Å². The van der Waals surface area contributed by atoms with Crippen LogP contribution < -0.4 is 5.32 Å². The summed E-state index contributed by atoms with van der Waals surface area (Å²) < 4.78 is 25.1. The molecule has 15 heavy (non-hydrogen) atoms. The van der Waals surface area contributed by atoms with Gasteiger partial charge in [0.1, 0.15) is 12.5 Å². The van der Waals surface area contributed by atoms with Crippen molar-refractivity contribution in [1.82, 2.24) is 5.32 Å². The zero-order chi connectivity index (χ0) is 12.1. The van der Waals surface area contributed by atoms with Crippen LogP contribution >= 0.6 is 0 Å². The first-order valence-corrected chi connectivity index (χ1v) is 4.50. The fourth-order valence-electron chi connectivity index (χ4n) is 0.893. The topological polar surface area (TPSA) is 73.1 Å². The van der Waals surface area contributed by atoms with Crippen LogP contribution in [0.15, 0.2) is 0 Å². The van der Waals surface area contributed by atoms with Crippen LogP contribution in [0, 0.1) is 23.2 Å². The largest absolute Gasteiger partial charge is 0.390 e. The van der Waals surface area contributed by atoms with E-state index in [1.165, 1.54) is 0 Å². The SMILES string of the molecule is CC(C)C(C#N)C(=O)NCC(F)(F)CO. The first-order valence-electron chi connectivity index (χ1n) is 4.50. The Morgan fingerprint density at radius 3 is 2.47 bits per heavy atom. The normalized spacial score (nSPS) is 13.4. The third-order valence-electron chi connectivity index (χ3n) is 1.84. The molecule has 0 aliphatic carbocycles. The molecule has 2 N–H and O–H groups in total. The Bertz CT molecular complexity index is 261. The Kier molecular flexibility index (Phi) is 5.15. The molecule has 4 nitrogen and oxygen atoms in total. The quantitative estimate of drug-likeness (QED) is 0.709. The smallest absolute Gasteiger partial charge is 0.287 e. The standard InChI is InChI=1S/C9H14F2N2O2/c1-6(2)7(3-12)8(15)13-4-9(10,11)5-14/h6-7,14H,4-5H2,1-2H3,(H,13,15). The summed E-state index contributed by atoms with van der Waals surface area (Å²) >= 11 is 0. The number of aliphatic hydroxyl groups is 1. The average Bonchev–Trinajstić information content (AvgIpc) is 2.15. The van der Waals surface area contributed by atoms with Crippen molar-refractivity contribution in [3.05, 3.63) is 0 Å². The van der Waals surface area contributed by atoms with E-state index in [0.29, 0.717) is 0 Å². The van der Waals surface area contributed by atoms with Crippen LogP contribution in [0.4, 0.5) is 8.78 Å². The van der Waals surface area contributed by atoms with E-state index in [9.17, 15) is 13.6 Å². The minimum Gasteiger partial charge on any atom is -0.390 e. The molecule has 0 heterocycles. The van der Waals surface area contributed by atoms with E-state index in [-0.39, 0.29) is 5.92 Å². The van der Waals surface area contributed by atoms with Crippen molar-refractivity contribution in [3.8, 4) is 6.07 Å². The van der Waals surface area contributed by atoms with Crippen molar-refractivity contribution in [2.45, 2.75) is 19.8 Å². The van der Waals surface area contributed by atoms with Crippen molar-refractivity contribution in [2.75, 3.05) is 13.2 Å². The van der Waals surface area contributed by atoms with Crippen LogP contribution in [0.2, 0.25) is 0 Å². The molecule has 0 aromatic carbocycles. The Hall–Kier alpha value is -1.22. The van der Waals surface area contributed by atoms with Crippen molar-refractivity contribution in [3.63, 3.8) is 0 Å². The van der Waals surface area contributed by atoms with Gasteiger partial charge < -0.3 is 10.4 Å². The van der Waals surface area contributed by atoms with E-state index in [1.807, 2.05) is 5.32 Å². The monoisotopic (exact) mass is 220 g/mol. The average molecular weight is 220 g/mol. The second-order valence-corrected chi connectivity index (χ2v) is 3.58. The van der Waals surface area contributed by atoms with Crippen LogP contribution in [-0.2, 0) is 4.79 Å². The molecular weight excluding hydrogens is 206 g/mol. The number of carbonyl (C=O) groups excluding carboxylic acids is 1. The molecule has 0 aliphatic heterocycles. The lowest BCUT2D eigenvalue weighted by Crippen LogP contribution is -2.42. The molecule has 0 fully saturated rings. The third-order valence-corrected chi connectivity index (χ3v) is 1.84. The van der Waals surface area contributed by atoms with E-state index in [1.54, 1.807) is 19.9 Å². The van der Waals surface area contributed by atoms with Crippen molar-refractivity contribution < 1.29 is 18.7 Å². The van der Waals surface area contributed by atoms with Crippen LogP contribution in [0.5, 0.6) is 0 Å². The maximum atomic E-state index is 12.5. The third kappa shape index (κ3) is 4.70. The number of halogens is 2. The lowest BCUT2D eigenvalue weighted by atomic mass is 9.97. The summed E-state index contributed by atoms with van der Waals surface area (Å²) in [6.07, 6.45) is 0. The van der Waals surface area contributed by atoms with Crippen molar-refractivity contribution in [1.29, 1.82) is 5.26 Å². The number of amides is 1. The van der Waals surface area contributed by atoms with Gasteiger partial charge >= 0.3 is 0 Å². The van der Waals surface area contributed by atoms with E-state index >= 15 is 0 Å². The van der Waals surface area contributed by atoms with Gasteiger partial charge in [0.15, 0.2) is 0 Å². The highest BCUT2D eigenvalue weighted by Crippen LogP contribution is 2.12. The Labute approximate surface area is 86.9 Å². The highest BCUT2D eigenvalue weighted by atomic mass is 19.3. The van der Waals surface area contributed by atoms with Gasteiger partial charge in [0.2, 0.25) is 5.91 Å². The molecule has 0 aromatic heterocycles. The highest BCUT2D eigenvalue weighted by Gasteiger charge is 2.30. The van der Waals surface area contributed by atoms with E-state index < -0.39 is 30.9 Å². The molecule has 0 aliphatic rings. The fourth-order valence-corrected chi connectivity index (χ4v) is 0.893. The fraction of sp³-hybridized carbons (Fsp3) is 0.778. The molecule has 0 rings (SSSR count). The first kappa shape index (κ1) is 13.8. The minimum atomic E-state index is -3.34. The van der Waals surface area contributed by atoms with Crippen LogP contribution in [0.3, 0.4) is 0 Å². The molecule has 0 bridgehead atoms. The molecule has 1 unspecified atom stereocenters. The highest BCUT2D eigenvalue weighted by molar-refractivity contribution is 5.81. The van der Waals surface area contributed by atoms with Crippen LogP contribution in [0.25, 0.3) is 0 Å². The summed E-state index contributed by atoms with van der Waals surface area (Å²) in [4.78, 5) is 11.2. The van der Waals surface area contributed by atoms with E-state index in [0.717, 1.165) is 0 Å². The predicted molar refractivity (Wildman–Crippen MR) is 49.0 cm³/mol. The number of aliphatic hydroxyl groups excluding tert-OH is 1. The molecule has 0 saturated carbocycles. The van der Waals surface area contributed by atoms with Crippen molar-refractivity contribution in [2.24, 2.45) is 11.8 Å². The summed E-state index contributed by atoms with van der Waals surface area (Å²) in [5.41, 5.74) is 0. The number of nitrogens with zero attached hydrogens (tertiary/aromatic N) is 1. The maximum absolute atomic E-state index is 12.5. The Morgan fingerprint density at radius 2 is 2.13 bits per heavy atom. The van der Waals surface area contributed by atoms with Crippen LogP contribution in [-0.4, -0.2) is 30.1 Å². The molecule has 0 spiro atoms. The Morgan fingerprint density at radius 1 is 1.60 bits per heavy atom. The number of alkyl halides is 2. The molecule has 86 valence electrons. The summed E-state index contributed by atoms with van der Waals surface area (Å²) in [6, 6.07) is 1.74. The second kappa shape index (κ2) is 5.61. The molecule has 1 atom stereocenters.